The molecule has 1 aliphatic rings. The highest BCUT2D eigenvalue weighted by Crippen LogP contribution is 2.26. The second-order valence-corrected chi connectivity index (χ2v) is 8.42. The summed E-state index contributed by atoms with van der Waals surface area (Å²) in [7, 11) is 1.59. The number of hydrogen-bond donors (Lipinski definition) is 1. The summed E-state index contributed by atoms with van der Waals surface area (Å²) in [6.07, 6.45) is 1.23. The molecule has 0 spiro atoms. The number of anilines is 2. The molecule has 1 aromatic heterocycles. The van der Waals surface area contributed by atoms with Crippen LogP contribution in [0.4, 0.5) is 11.4 Å². The van der Waals surface area contributed by atoms with Gasteiger partial charge in [0.2, 0.25) is 5.91 Å². The molecule has 178 valence electrons. The first-order valence-electron chi connectivity index (χ1n) is 11.6. The largest absolute Gasteiger partial charge is 0.497 e. The molecule has 0 aliphatic carbocycles. The summed E-state index contributed by atoms with van der Waals surface area (Å²) in [4.78, 5) is 41.2. The predicted molar refractivity (Wildman–Crippen MR) is 133 cm³/mol. The van der Waals surface area contributed by atoms with Gasteiger partial charge in [-0.05, 0) is 51.0 Å². The minimum absolute atomic E-state index is 0.0372. The van der Waals surface area contributed by atoms with Gasteiger partial charge in [0.1, 0.15) is 11.4 Å². The van der Waals surface area contributed by atoms with Gasteiger partial charge in [-0.2, -0.15) is 0 Å². The summed E-state index contributed by atoms with van der Waals surface area (Å²) in [6.45, 7) is 5.02. The highest BCUT2D eigenvalue weighted by atomic mass is 16.5. The molecule has 3 aromatic rings. The number of aromatic nitrogens is 2. The zero-order valence-electron chi connectivity index (χ0n) is 19.8. The van der Waals surface area contributed by atoms with Crippen LogP contribution in [0.1, 0.15) is 25.5 Å². The fraction of sp³-hybridized carbons (Fsp3) is 0.346. The van der Waals surface area contributed by atoms with Crippen molar-refractivity contribution >= 4 is 17.3 Å². The normalized spacial score (nSPS) is 14.1. The third-order valence-electron chi connectivity index (χ3n) is 6.40. The lowest BCUT2D eigenvalue weighted by Crippen LogP contribution is -2.46. The lowest BCUT2D eigenvalue weighted by Gasteiger charge is -2.34. The van der Waals surface area contributed by atoms with Gasteiger partial charge in [0.05, 0.1) is 18.5 Å². The van der Waals surface area contributed by atoms with Gasteiger partial charge in [-0.15, -0.1) is 0 Å². The number of hydrogen-bond acceptors (Lipinski definition) is 5. The van der Waals surface area contributed by atoms with E-state index in [1.54, 1.807) is 24.7 Å². The van der Waals surface area contributed by atoms with Crippen molar-refractivity contribution in [2.75, 3.05) is 30.4 Å². The molecule has 2 heterocycles. The lowest BCUT2D eigenvalue weighted by atomic mass is 9.95. The van der Waals surface area contributed by atoms with Crippen LogP contribution >= 0.6 is 0 Å². The summed E-state index contributed by atoms with van der Waals surface area (Å²) in [5.74, 6) is 0.491. The first kappa shape index (κ1) is 23.4. The van der Waals surface area contributed by atoms with Crippen molar-refractivity contribution in [3.05, 3.63) is 81.1 Å². The van der Waals surface area contributed by atoms with Crippen molar-refractivity contribution in [1.82, 2.24) is 9.13 Å². The molecule has 0 radical (unpaired) electrons. The smallest absolute Gasteiger partial charge is 0.335 e. The minimum atomic E-state index is -0.340. The number of para-hydroxylation sites is 1. The van der Waals surface area contributed by atoms with Crippen molar-refractivity contribution in [1.29, 1.82) is 0 Å². The number of amides is 1. The van der Waals surface area contributed by atoms with Crippen molar-refractivity contribution in [3.63, 3.8) is 0 Å². The Kier molecular flexibility index (Phi) is 6.86. The third kappa shape index (κ3) is 4.48. The molecule has 8 nitrogen and oxygen atoms in total. The molecule has 34 heavy (non-hydrogen) atoms. The average molecular weight is 463 g/mol. The number of benzene rings is 2. The fourth-order valence-corrected chi connectivity index (χ4v) is 4.57. The molecule has 0 bridgehead atoms. The molecule has 1 fully saturated rings. The minimum Gasteiger partial charge on any atom is -0.497 e. The molecular formula is C26H30N4O4. The van der Waals surface area contributed by atoms with E-state index >= 15 is 0 Å². The Bertz CT molecular complexity index is 1290. The maximum atomic E-state index is 13.3. The van der Waals surface area contributed by atoms with Crippen molar-refractivity contribution in [2.24, 2.45) is 5.92 Å². The molecule has 1 saturated heterocycles. The first-order valence-corrected chi connectivity index (χ1v) is 11.6. The van der Waals surface area contributed by atoms with Gasteiger partial charge in [-0.1, -0.05) is 24.3 Å². The van der Waals surface area contributed by atoms with Crippen LogP contribution in [0.3, 0.4) is 0 Å². The zero-order chi connectivity index (χ0) is 24.2. The average Bonchev–Trinajstić information content (AvgIpc) is 2.85. The van der Waals surface area contributed by atoms with Gasteiger partial charge in [0.15, 0.2) is 0 Å². The Morgan fingerprint density at radius 1 is 1.06 bits per heavy atom. The van der Waals surface area contributed by atoms with E-state index in [9.17, 15) is 14.4 Å². The molecule has 8 heteroatoms. The maximum absolute atomic E-state index is 13.3. The molecular weight excluding hydrogens is 432 g/mol. The van der Waals surface area contributed by atoms with Gasteiger partial charge < -0.3 is 15.0 Å². The number of carbonyl (C=O) groups excluding carboxylic acids is 1. The van der Waals surface area contributed by atoms with Crippen LogP contribution in [0.15, 0.2) is 64.2 Å². The Balaban J connectivity index is 1.57. The van der Waals surface area contributed by atoms with Crippen LogP contribution in [0.5, 0.6) is 5.75 Å². The summed E-state index contributed by atoms with van der Waals surface area (Å²) in [5.41, 5.74) is 1.94. The Hall–Kier alpha value is -3.81. The summed E-state index contributed by atoms with van der Waals surface area (Å²) >= 11 is 0. The summed E-state index contributed by atoms with van der Waals surface area (Å²) in [6, 6.07) is 16.6. The van der Waals surface area contributed by atoms with Crippen LogP contribution < -0.4 is 26.2 Å². The Labute approximate surface area is 198 Å². The molecule has 4 rings (SSSR count). The Morgan fingerprint density at radius 3 is 2.41 bits per heavy atom. The predicted octanol–water partition coefficient (Wildman–Crippen LogP) is 3.19. The van der Waals surface area contributed by atoms with Gasteiger partial charge in [-0.25, -0.2) is 4.79 Å². The number of methoxy groups -OCH3 is 1. The quantitative estimate of drug-likeness (QED) is 0.608. The van der Waals surface area contributed by atoms with E-state index in [-0.39, 0.29) is 29.6 Å². The molecule has 0 atom stereocenters. The maximum Gasteiger partial charge on any atom is 0.335 e. The molecule has 1 aliphatic heterocycles. The van der Waals surface area contributed by atoms with Crippen molar-refractivity contribution in [2.45, 2.75) is 33.2 Å². The van der Waals surface area contributed by atoms with E-state index in [0.717, 1.165) is 5.69 Å². The van der Waals surface area contributed by atoms with E-state index in [1.807, 2.05) is 60.4 Å². The van der Waals surface area contributed by atoms with Gasteiger partial charge in [0.25, 0.3) is 5.56 Å². The summed E-state index contributed by atoms with van der Waals surface area (Å²) in [5, 5.41) is 2.97. The number of piperidine rings is 1. The van der Waals surface area contributed by atoms with Crippen molar-refractivity contribution in [3.8, 4) is 11.4 Å². The van der Waals surface area contributed by atoms with Gasteiger partial charge in [0, 0.05) is 37.3 Å². The fourth-order valence-electron chi connectivity index (χ4n) is 4.57. The zero-order valence-corrected chi connectivity index (χ0v) is 19.8. The second-order valence-electron chi connectivity index (χ2n) is 8.42. The van der Waals surface area contributed by atoms with Crippen LogP contribution in [-0.4, -0.2) is 35.2 Å². The number of nitrogens with one attached hydrogen (secondary N) is 1. The second kappa shape index (κ2) is 9.99. The highest BCUT2D eigenvalue weighted by molar-refractivity contribution is 5.92. The number of rotatable bonds is 6. The summed E-state index contributed by atoms with van der Waals surface area (Å²) < 4.78 is 8.10. The van der Waals surface area contributed by atoms with Gasteiger partial charge in [-0.3, -0.25) is 18.7 Å². The number of nitrogens with zero attached hydrogens (tertiary/aromatic N) is 3. The Morgan fingerprint density at radius 2 is 1.76 bits per heavy atom. The molecule has 1 N–H and O–H groups in total. The number of carbonyl (C=O) groups is 1. The molecule has 0 unspecified atom stereocenters. The van der Waals surface area contributed by atoms with Gasteiger partial charge >= 0.3 is 5.69 Å². The SMILES string of the molecule is CCn1c(=O)c(N2CCC(C(=O)Nc3cccc(OC)c3)CC2)c(C)n(-c2ccccc2)c1=O. The topological polar surface area (TPSA) is 85.6 Å². The lowest BCUT2D eigenvalue weighted by molar-refractivity contribution is -0.120. The third-order valence-corrected chi connectivity index (χ3v) is 6.40. The van der Waals surface area contributed by atoms with Crippen LogP contribution in [0.25, 0.3) is 5.69 Å². The van der Waals surface area contributed by atoms with Crippen LogP contribution in [-0.2, 0) is 11.3 Å². The van der Waals surface area contributed by atoms with E-state index in [0.29, 0.717) is 48.7 Å². The van der Waals surface area contributed by atoms with Crippen LogP contribution in [0.2, 0.25) is 0 Å². The van der Waals surface area contributed by atoms with E-state index in [4.69, 9.17) is 4.74 Å². The van der Waals surface area contributed by atoms with E-state index in [2.05, 4.69) is 5.32 Å². The monoisotopic (exact) mass is 462 g/mol. The molecule has 1 amide bonds. The number of ether oxygens (including phenoxy) is 1. The molecule has 2 aromatic carbocycles. The van der Waals surface area contributed by atoms with Crippen LogP contribution in [0, 0.1) is 12.8 Å². The standard InChI is InChI=1S/C26H30N4O4/c1-4-29-25(32)23(18(2)30(26(29)33)21-10-6-5-7-11-21)28-15-13-19(14-16-28)24(31)27-20-9-8-12-22(17-20)34-3/h5-12,17,19H,4,13-16H2,1-3H3,(H,27,31). The molecule has 0 saturated carbocycles. The van der Waals surface area contributed by atoms with E-state index < -0.39 is 0 Å². The van der Waals surface area contributed by atoms with Crippen molar-refractivity contribution < 1.29 is 9.53 Å². The highest BCUT2D eigenvalue weighted by Gasteiger charge is 2.29. The van der Waals surface area contributed by atoms with E-state index in [1.165, 1.54) is 4.57 Å². The first-order chi connectivity index (χ1) is 16.4.